The van der Waals surface area contributed by atoms with Crippen LogP contribution in [0, 0.1) is 6.92 Å². The number of alkyl halides is 1. The Morgan fingerprint density at radius 3 is 2.58 bits per heavy atom. The molecular weight excluding hydrogens is 326 g/mol. The van der Waals surface area contributed by atoms with Gasteiger partial charge < -0.3 is 5.32 Å². The summed E-state index contributed by atoms with van der Waals surface area (Å²) in [6, 6.07) is 8.16. The number of aromatic nitrogens is 2. The molecule has 1 heterocycles. The Morgan fingerprint density at radius 2 is 2.00 bits per heavy atom. The van der Waals surface area contributed by atoms with Gasteiger partial charge in [0, 0.05) is 18.1 Å². The van der Waals surface area contributed by atoms with Crippen molar-refractivity contribution in [3.63, 3.8) is 0 Å². The van der Waals surface area contributed by atoms with Gasteiger partial charge in [-0.1, -0.05) is 12.1 Å². The minimum Gasteiger partial charge on any atom is -0.379 e. The maximum atomic E-state index is 5.78. The molecule has 0 saturated heterocycles. The number of benzene rings is 1. The fourth-order valence-electron chi connectivity index (χ4n) is 1.94. The third-order valence-electron chi connectivity index (χ3n) is 3.02. The topological polar surface area (TPSA) is 29.9 Å². The first-order valence-corrected chi connectivity index (χ1v) is 7.59. The van der Waals surface area contributed by atoms with Crippen molar-refractivity contribution >= 4 is 33.2 Å². The third kappa shape index (κ3) is 3.31. The van der Waals surface area contributed by atoms with Gasteiger partial charge in [-0.2, -0.15) is 5.10 Å². The van der Waals surface area contributed by atoms with E-state index in [-0.39, 0.29) is 0 Å². The number of halogens is 2. The Hall–Kier alpha value is -1.00. The molecule has 5 heteroatoms. The number of rotatable bonds is 5. The van der Waals surface area contributed by atoms with Crippen molar-refractivity contribution < 1.29 is 0 Å². The highest BCUT2D eigenvalue weighted by atomic mass is 79.9. The van der Waals surface area contributed by atoms with Crippen LogP contribution in [0.5, 0.6) is 0 Å². The zero-order chi connectivity index (χ0) is 13.8. The molecule has 2 aromatic rings. The fraction of sp³-hybridized carbons (Fsp3) is 0.357. The van der Waals surface area contributed by atoms with E-state index in [0.29, 0.717) is 5.88 Å². The molecule has 0 radical (unpaired) electrons. The van der Waals surface area contributed by atoms with Crippen molar-refractivity contribution in [3.05, 3.63) is 45.7 Å². The van der Waals surface area contributed by atoms with Gasteiger partial charge in [-0.05, 0) is 47.5 Å². The summed E-state index contributed by atoms with van der Waals surface area (Å²) in [5.41, 5.74) is 4.41. The van der Waals surface area contributed by atoms with E-state index in [2.05, 4.69) is 33.3 Å². The van der Waals surface area contributed by atoms with E-state index in [0.717, 1.165) is 34.5 Å². The molecule has 0 fully saturated rings. The largest absolute Gasteiger partial charge is 0.379 e. The molecule has 1 aromatic carbocycles. The summed E-state index contributed by atoms with van der Waals surface area (Å²) in [4.78, 5) is 0. The van der Waals surface area contributed by atoms with E-state index < -0.39 is 0 Å². The highest BCUT2D eigenvalue weighted by molar-refractivity contribution is 9.10. The van der Waals surface area contributed by atoms with Gasteiger partial charge in [0.15, 0.2) is 0 Å². The Morgan fingerprint density at radius 1 is 1.32 bits per heavy atom. The van der Waals surface area contributed by atoms with Crippen LogP contribution < -0.4 is 5.32 Å². The predicted octanol–water partition coefficient (Wildman–Crippen LogP) is 4.32. The molecule has 19 heavy (non-hydrogen) atoms. The number of aryl methyl sites for hydroxylation is 2. The smallest absolute Gasteiger partial charge is 0.0739 e. The molecule has 0 amide bonds. The van der Waals surface area contributed by atoms with Crippen LogP contribution in [-0.4, -0.2) is 9.78 Å². The lowest BCUT2D eigenvalue weighted by Gasteiger charge is -2.09. The summed E-state index contributed by atoms with van der Waals surface area (Å²) in [6.45, 7) is 5.72. The molecule has 102 valence electrons. The van der Waals surface area contributed by atoms with E-state index in [4.69, 9.17) is 11.6 Å². The van der Waals surface area contributed by atoms with Gasteiger partial charge in [-0.25, -0.2) is 0 Å². The Labute approximate surface area is 127 Å². The highest BCUT2D eigenvalue weighted by Crippen LogP contribution is 2.22. The molecule has 0 unspecified atom stereocenters. The van der Waals surface area contributed by atoms with Gasteiger partial charge in [-0.15, -0.1) is 11.6 Å². The van der Waals surface area contributed by atoms with E-state index in [1.807, 2.05) is 35.9 Å². The van der Waals surface area contributed by atoms with Crippen LogP contribution in [0.1, 0.15) is 23.9 Å². The molecule has 0 bridgehead atoms. The van der Waals surface area contributed by atoms with Gasteiger partial charge in [0.05, 0.1) is 22.4 Å². The molecule has 0 aliphatic heterocycles. The van der Waals surface area contributed by atoms with Gasteiger partial charge in [0.25, 0.3) is 0 Å². The average Bonchev–Trinajstić information content (AvgIpc) is 2.72. The van der Waals surface area contributed by atoms with E-state index in [1.165, 1.54) is 5.69 Å². The second kappa shape index (κ2) is 6.44. The summed E-state index contributed by atoms with van der Waals surface area (Å²) in [5.74, 6) is 0.549. The number of hydrogen-bond donors (Lipinski definition) is 1. The lowest BCUT2D eigenvalue weighted by atomic mass is 10.2. The van der Waals surface area contributed by atoms with Crippen molar-refractivity contribution in [1.29, 1.82) is 0 Å². The first-order chi connectivity index (χ1) is 9.15. The average molecular weight is 343 g/mol. The first kappa shape index (κ1) is 14.4. The summed E-state index contributed by atoms with van der Waals surface area (Å²) in [5, 5.41) is 7.89. The molecule has 3 nitrogen and oxygen atoms in total. The molecule has 0 spiro atoms. The number of hydrogen-bond acceptors (Lipinski definition) is 2. The fourth-order valence-corrected chi connectivity index (χ4v) is 2.54. The lowest BCUT2D eigenvalue weighted by molar-refractivity contribution is 0.622. The first-order valence-electron chi connectivity index (χ1n) is 6.26. The SMILES string of the molecule is CCn1nc(C)c(Br)c1CNc1ccc(CCl)cc1. The van der Waals surface area contributed by atoms with Crippen LogP contribution in [0.2, 0.25) is 0 Å². The molecule has 0 aliphatic carbocycles. The standard InChI is InChI=1S/C14H17BrClN3/c1-3-19-13(14(15)10(2)18-19)9-17-12-6-4-11(8-16)5-7-12/h4-7,17H,3,8-9H2,1-2H3. The van der Waals surface area contributed by atoms with Crippen LogP contribution in [0.25, 0.3) is 0 Å². The molecule has 2 rings (SSSR count). The molecule has 0 aliphatic rings. The van der Waals surface area contributed by atoms with Crippen LogP contribution in [-0.2, 0) is 19.0 Å². The van der Waals surface area contributed by atoms with Gasteiger partial charge in [-0.3, -0.25) is 4.68 Å². The van der Waals surface area contributed by atoms with Gasteiger partial charge in [0.2, 0.25) is 0 Å². The van der Waals surface area contributed by atoms with E-state index >= 15 is 0 Å². The number of nitrogens with zero attached hydrogens (tertiary/aromatic N) is 2. The monoisotopic (exact) mass is 341 g/mol. The van der Waals surface area contributed by atoms with Crippen LogP contribution in [0.3, 0.4) is 0 Å². The van der Waals surface area contributed by atoms with E-state index in [1.54, 1.807) is 0 Å². The third-order valence-corrected chi connectivity index (χ3v) is 4.36. The molecular formula is C14H17BrClN3. The van der Waals surface area contributed by atoms with Crippen LogP contribution >= 0.6 is 27.5 Å². The minimum absolute atomic E-state index is 0.549. The maximum absolute atomic E-state index is 5.78. The Kier molecular flexibility index (Phi) is 4.88. The highest BCUT2D eigenvalue weighted by Gasteiger charge is 2.11. The van der Waals surface area contributed by atoms with Crippen molar-refractivity contribution in [2.24, 2.45) is 0 Å². The lowest BCUT2D eigenvalue weighted by Crippen LogP contribution is -2.08. The van der Waals surface area contributed by atoms with Gasteiger partial charge in [0.1, 0.15) is 0 Å². The minimum atomic E-state index is 0.549. The van der Waals surface area contributed by atoms with Crippen molar-refractivity contribution in [2.75, 3.05) is 5.32 Å². The van der Waals surface area contributed by atoms with Gasteiger partial charge >= 0.3 is 0 Å². The Bertz CT molecular complexity index is 549. The summed E-state index contributed by atoms with van der Waals surface area (Å²) in [7, 11) is 0. The van der Waals surface area contributed by atoms with Crippen LogP contribution in [0.4, 0.5) is 5.69 Å². The quantitative estimate of drug-likeness (QED) is 0.820. The second-order valence-electron chi connectivity index (χ2n) is 4.35. The number of nitrogens with one attached hydrogen (secondary N) is 1. The zero-order valence-corrected chi connectivity index (χ0v) is 13.4. The predicted molar refractivity (Wildman–Crippen MR) is 83.7 cm³/mol. The Balaban J connectivity index is 2.09. The summed E-state index contributed by atoms with van der Waals surface area (Å²) in [6.07, 6.45) is 0. The molecule has 0 saturated carbocycles. The van der Waals surface area contributed by atoms with Crippen molar-refractivity contribution in [1.82, 2.24) is 9.78 Å². The maximum Gasteiger partial charge on any atom is 0.0739 e. The van der Waals surface area contributed by atoms with Crippen molar-refractivity contribution in [3.8, 4) is 0 Å². The van der Waals surface area contributed by atoms with Crippen molar-refractivity contribution in [2.45, 2.75) is 32.8 Å². The van der Waals surface area contributed by atoms with E-state index in [9.17, 15) is 0 Å². The molecule has 1 N–H and O–H groups in total. The second-order valence-corrected chi connectivity index (χ2v) is 5.41. The van der Waals surface area contributed by atoms with Crippen LogP contribution in [0.15, 0.2) is 28.7 Å². The summed E-state index contributed by atoms with van der Waals surface area (Å²) < 4.78 is 3.10. The molecule has 1 aromatic heterocycles. The normalized spacial score (nSPS) is 10.7. The molecule has 0 atom stereocenters. The summed E-state index contributed by atoms with van der Waals surface area (Å²) >= 11 is 9.37. The number of anilines is 1. The zero-order valence-electron chi connectivity index (χ0n) is 11.1.